The van der Waals surface area contributed by atoms with Gasteiger partial charge in [0.05, 0.1) is 0 Å². The second-order valence-electron chi connectivity index (χ2n) is 4.51. The van der Waals surface area contributed by atoms with Crippen LogP contribution >= 0.6 is 0 Å². The lowest BCUT2D eigenvalue weighted by atomic mass is 9.89. The molecule has 0 unspecified atom stereocenters. The molecule has 4 nitrogen and oxygen atoms in total. The van der Waals surface area contributed by atoms with Crippen LogP contribution in [0.15, 0.2) is 20.9 Å². The summed E-state index contributed by atoms with van der Waals surface area (Å²) in [4.78, 5) is 11.7. The van der Waals surface area contributed by atoms with Gasteiger partial charge in [0.25, 0.3) is 0 Å². The summed E-state index contributed by atoms with van der Waals surface area (Å²) in [7, 11) is 0. The van der Waals surface area contributed by atoms with Gasteiger partial charge in [0.2, 0.25) is 0 Å². The Bertz CT molecular complexity index is 527. The Morgan fingerprint density at radius 1 is 1.41 bits per heavy atom. The van der Waals surface area contributed by atoms with Crippen LogP contribution in [0.25, 0.3) is 6.08 Å². The molecule has 1 aliphatic heterocycles. The van der Waals surface area contributed by atoms with Crippen molar-refractivity contribution >= 4 is 6.08 Å². The Balaban J connectivity index is 2.09. The fourth-order valence-corrected chi connectivity index (χ4v) is 2.48. The van der Waals surface area contributed by atoms with Gasteiger partial charge in [-0.05, 0) is 37.3 Å². The number of aliphatic hydroxyl groups excluding tert-OH is 1. The summed E-state index contributed by atoms with van der Waals surface area (Å²) in [5, 5.41) is 8.99. The van der Waals surface area contributed by atoms with Gasteiger partial charge in [-0.2, -0.15) is 0 Å². The van der Waals surface area contributed by atoms with Crippen LogP contribution < -0.4 is 10.4 Å². The maximum atomic E-state index is 11.7. The molecule has 0 aromatic carbocycles. The lowest BCUT2D eigenvalue weighted by molar-refractivity contribution is 0.192. The van der Waals surface area contributed by atoms with Crippen LogP contribution in [0.2, 0.25) is 0 Å². The van der Waals surface area contributed by atoms with Gasteiger partial charge in [0, 0.05) is 6.07 Å². The first-order chi connectivity index (χ1) is 8.28. The van der Waals surface area contributed by atoms with Crippen molar-refractivity contribution in [2.24, 2.45) is 0 Å². The molecule has 4 heteroatoms. The van der Waals surface area contributed by atoms with Crippen LogP contribution in [0.1, 0.15) is 37.0 Å². The van der Waals surface area contributed by atoms with E-state index in [0.717, 1.165) is 25.7 Å². The molecule has 0 spiro atoms. The van der Waals surface area contributed by atoms with Crippen LogP contribution in [0.5, 0.6) is 5.75 Å². The van der Waals surface area contributed by atoms with Crippen LogP contribution in [0.3, 0.4) is 0 Å². The van der Waals surface area contributed by atoms with Gasteiger partial charge >= 0.3 is 5.63 Å². The molecular weight excluding hydrogens is 220 g/mol. The summed E-state index contributed by atoms with van der Waals surface area (Å²) in [6, 6.07) is 1.61. The van der Waals surface area contributed by atoms with E-state index in [0.29, 0.717) is 11.3 Å². The minimum Gasteiger partial charge on any atom is -0.485 e. The molecule has 0 amide bonds. The predicted molar refractivity (Wildman–Crippen MR) is 61.8 cm³/mol. The maximum Gasteiger partial charge on any atom is 0.347 e. The van der Waals surface area contributed by atoms with Gasteiger partial charge in [0.15, 0.2) is 0 Å². The highest BCUT2D eigenvalue weighted by Crippen LogP contribution is 2.35. The molecule has 3 rings (SSSR count). The van der Waals surface area contributed by atoms with E-state index in [1.807, 2.05) is 6.08 Å². The summed E-state index contributed by atoms with van der Waals surface area (Å²) in [5.74, 6) is 0.794. The number of hydrogen-bond donors (Lipinski definition) is 1. The third-order valence-electron chi connectivity index (χ3n) is 3.35. The van der Waals surface area contributed by atoms with Crippen LogP contribution in [0, 0.1) is 0 Å². The number of hydrogen-bond acceptors (Lipinski definition) is 4. The van der Waals surface area contributed by atoms with Gasteiger partial charge in [-0.1, -0.05) is 0 Å². The van der Waals surface area contributed by atoms with Crippen molar-refractivity contribution in [2.45, 2.75) is 38.4 Å². The molecule has 1 aliphatic carbocycles. The van der Waals surface area contributed by atoms with E-state index in [9.17, 15) is 4.79 Å². The third-order valence-corrected chi connectivity index (χ3v) is 3.35. The highest BCUT2D eigenvalue weighted by atomic mass is 16.5. The van der Waals surface area contributed by atoms with E-state index in [1.165, 1.54) is 5.57 Å². The smallest absolute Gasteiger partial charge is 0.347 e. The highest BCUT2D eigenvalue weighted by molar-refractivity contribution is 5.62. The van der Waals surface area contributed by atoms with Crippen molar-refractivity contribution in [1.29, 1.82) is 0 Å². The summed E-state index contributed by atoms with van der Waals surface area (Å²) in [5.41, 5.74) is 1.24. The van der Waals surface area contributed by atoms with E-state index in [2.05, 4.69) is 0 Å². The molecule has 1 aromatic rings. The fraction of sp³-hybridized carbons (Fsp3) is 0.462. The lowest BCUT2D eigenvalue weighted by Gasteiger charge is -2.30. The quantitative estimate of drug-likeness (QED) is 0.805. The second kappa shape index (κ2) is 4.04. The Morgan fingerprint density at radius 3 is 3.12 bits per heavy atom. The van der Waals surface area contributed by atoms with Crippen LogP contribution in [-0.4, -0.2) is 11.2 Å². The average Bonchev–Trinajstić information content (AvgIpc) is 2.36. The maximum absolute atomic E-state index is 11.7. The molecule has 2 heterocycles. The molecule has 1 saturated carbocycles. The van der Waals surface area contributed by atoms with Crippen molar-refractivity contribution in [3.8, 4) is 5.75 Å². The molecular formula is C13H14O4. The summed E-state index contributed by atoms with van der Waals surface area (Å²) >= 11 is 0. The van der Waals surface area contributed by atoms with Gasteiger partial charge in [0.1, 0.15) is 29.8 Å². The molecule has 17 heavy (non-hydrogen) atoms. The molecule has 1 N–H and O–H groups in total. The van der Waals surface area contributed by atoms with Gasteiger partial charge in [-0.15, -0.1) is 0 Å². The molecule has 0 radical (unpaired) electrons. The van der Waals surface area contributed by atoms with E-state index in [4.69, 9.17) is 14.3 Å². The monoisotopic (exact) mass is 234 g/mol. The standard InChI is InChI=1S/C13H14O4/c14-7-9-6-12-10(13(15)16-9)5-8-3-1-2-4-11(8)17-12/h5-6,11,14H,1-4,7H2/t11-/m0/s1. The zero-order chi connectivity index (χ0) is 11.8. The Labute approximate surface area is 98.5 Å². The van der Waals surface area contributed by atoms with Gasteiger partial charge < -0.3 is 14.3 Å². The van der Waals surface area contributed by atoms with Gasteiger partial charge in [-0.25, -0.2) is 4.79 Å². The van der Waals surface area contributed by atoms with Crippen molar-refractivity contribution in [1.82, 2.24) is 0 Å². The molecule has 1 aromatic heterocycles. The zero-order valence-electron chi connectivity index (χ0n) is 9.44. The van der Waals surface area contributed by atoms with E-state index in [-0.39, 0.29) is 18.5 Å². The van der Waals surface area contributed by atoms with Crippen LogP contribution in [-0.2, 0) is 6.61 Å². The summed E-state index contributed by atoms with van der Waals surface area (Å²) in [6.45, 7) is -0.285. The first kappa shape index (κ1) is 10.6. The lowest BCUT2D eigenvalue weighted by Crippen LogP contribution is -2.27. The highest BCUT2D eigenvalue weighted by Gasteiger charge is 2.27. The first-order valence-electron chi connectivity index (χ1n) is 5.93. The summed E-state index contributed by atoms with van der Waals surface area (Å²) < 4.78 is 10.8. The van der Waals surface area contributed by atoms with E-state index >= 15 is 0 Å². The Hall–Kier alpha value is -1.55. The van der Waals surface area contributed by atoms with Crippen molar-refractivity contribution in [2.75, 3.05) is 0 Å². The number of ether oxygens (including phenoxy) is 1. The molecule has 2 aliphatic rings. The van der Waals surface area contributed by atoms with Crippen molar-refractivity contribution < 1.29 is 14.3 Å². The van der Waals surface area contributed by atoms with E-state index in [1.54, 1.807) is 6.07 Å². The predicted octanol–water partition coefficient (Wildman–Crippen LogP) is 1.85. The third kappa shape index (κ3) is 1.78. The fourth-order valence-electron chi connectivity index (χ4n) is 2.48. The number of rotatable bonds is 1. The van der Waals surface area contributed by atoms with E-state index < -0.39 is 5.63 Å². The van der Waals surface area contributed by atoms with Gasteiger partial charge in [-0.3, -0.25) is 0 Å². The topological polar surface area (TPSA) is 59.7 Å². The number of aliphatic hydroxyl groups is 1. The van der Waals surface area contributed by atoms with Crippen molar-refractivity contribution in [3.05, 3.63) is 33.4 Å². The largest absolute Gasteiger partial charge is 0.485 e. The second-order valence-corrected chi connectivity index (χ2v) is 4.51. The molecule has 1 fully saturated rings. The van der Waals surface area contributed by atoms with Crippen LogP contribution in [0.4, 0.5) is 0 Å². The molecule has 0 saturated heterocycles. The molecule has 90 valence electrons. The average molecular weight is 234 g/mol. The first-order valence-corrected chi connectivity index (χ1v) is 5.93. The Morgan fingerprint density at radius 2 is 2.29 bits per heavy atom. The molecule has 0 bridgehead atoms. The normalized spacial score (nSPS) is 22.2. The minimum absolute atomic E-state index is 0.101. The summed E-state index contributed by atoms with van der Waals surface area (Å²) in [6.07, 6.45) is 6.30. The molecule has 1 atom stereocenters. The minimum atomic E-state index is -0.428. The van der Waals surface area contributed by atoms with Crippen molar-refractivity contribution in [3.63, 3.8) is 0 Å². The SMILES string of the molecule is O=c1oc(CO)cc2c1C=C1CCCC[C@@H]1O2. The number of fused-ring (bicyclic) bond motifs is 2. The zero-order valence-corrected chi connectivity index (χ0v) is 9.44. The Kier molecular flexibility index (Phi) is 2.52.